The highest BCUT2D eigenvalue weighted by atomic mass is 79.9. The molecule has 1 aromatic carbocycles. The molecule has 1 rings (SSSR count). The standard InChI is InChI=1S/C10H9BrN2O2/c1-15-8-4-2-3-7(6-12)10(8)13-9(14)5-11/h2-4H,5H2,1H3,(H,13,14). The average molecular weight is 269 g/mol. The second-order valence-electron chi connectivity index (χ2n) is 2.68. The van der Waals surface area contributed by atoms with Crippen LogP contribution >= 0.6 is 15.9 Å². The summed E-state index contributed by atoms with van der Waals surface area (Å²) >= 11 is 3.03. The number of amides is 1. The Morgan fingerprint density at radius 2 is 2.40 bits per heavy atom. The molecule has 0 fully saturated rings. The number of nitrogens with zero attached hydrogens (tertiary/aromatic N) is 1. The number of anilines is 1. The summed E-state index contributed by atoms with van der Waals surface area (Å²) in [6.45, 7) is 0. The molecule has 1 N–H and O–H groups in total. The van der Waals surface area contributed by atoms with Crippen LogP contribution in [-0.4, -0.2) is 18.3 Å². The zero-order chi connectivity index (χ0) is 11.3. The van der Waals surface area contributed by atoms with Gasteiger partial charge < -0.3 is 10.1 Å². The molecular formula is C10H9BrN2O2. The Kier molecular flexibility index (Phi) is 4.13. The molecule has 0 aliphatic rings. The van der Waals surface area contributed by atoms with Gasteiger partial charge in [-0.2, -0.15) is 5.26 Å². The molecular weight excluding hydrogens is 260 g/mol. The number of halogens is 1. The molecule has 15 heavy (non-hydrogen) atoms. The maximum atomic E-state index is 11.2. The van der Waals surface area contributed by atoms with Gasteiger partial charge in [-0.05, 0) is 12.1 Å². The zero-order valence-electron chi connectivity index (χ0n) is 8.08. The molecule has 1 aromatic rings. The first-order valence-electron chi connectivity index (χ1n) is 4.15. The molecule has 0 heterocycles. The van der Waals surface area contributed by atoms with Gasteiger partial charge >= 0.3 is 0 Å². The molecule has 0 saturated heterocycles. The predicted molar refractivity (Wildman–Crippen MR) is 60.1 cm³/mol. The Hall–Kier alpha value is -1.54. The van der Waals surface area contributed by atoms with Crippen molar-refractivity contribution in [3.63, 3.8) is 0 Å². The van der Waals surface area contributed by atoms with Crippen LogP contribution in [0.2, 0.25) is 0 Å². The summed E-state index contributed by atoms with van der Waals surface area (Å²) in [6, 6.07) is 6.99. The molecule has 0 bridgehead atoms. The number of alkyl halides is 1. The number of carbonyl (C=O) groups excluding carboxylic acids is 1. The van der Waals surface area contributed by atoms with Gasteiger partial charge in [-0.25, -0.2) is 0 Å². The van der Waals surface area contributed by atoms with E-state index in [1.165, 1.54) is 7.11 Å². The van der Waals surface area contributed by atoms with E-state index < -0.39 is 0 Å². The van der Waals surface area contributed by atoms with Crippen LogP contribution < -0.4 is 10.1 Å². The molecule has 0 aliphatic carbocycles. The summed E-state index contributed by atoms with van der Waals surface area (Å²) in [6.07, 6.45) is 0. The molecule has 0 aromatic heterocycles. The largest absolute Gasteiger partial charge is 0.495 e. The summed E-state index contributed by atoms with van der Waals surface area (Å²) in [5, 5.41) is 11.6. The summed E-state index contributed by atoms with van der Waals surface area (Å²) in [4.78, 5) is 11.2. The fourth-order valence-electron chi connectivity index (χ4n) is 1.10. The number of para-hydroxylation sites is 1. The molecule has 0 aliphatic heterocycles. The van der Waals surface area contributed by atoms with Crippen molar-refractivity contribution < 1.29 is 9.53 Å². The summed E-state index contributed by atoms with van der Waals surface area (Å²) in [7, 11) is 1.49. The average Bonchev–Trinajstić information content (AvgIpc) is 2.29. The molecule has 0 saturated carbocycles. The van der Waals surface area contributed by atoms with E-state index in [4.69, 9.17) is 10.00 Å². The van der Waals surface area contributed by atoms with Gasteiger partial charge in [-0.15, -0.1) is 0 Å². The number of nitriles is 1. The monoisotopic (exact) mass is 268 g/mol. The van der Waals surface area contributed by atoms with Crippen molar-refractivity contribution >= 4 is 27.5 Å². The van der Waals surface area contributed by atoms with Crippen molar-refractivity contribution in [1.29, 1.82) is 5.26 Å². The maximum Gasteiger partial charge on any atom is 0.235 e. The van der Waals surface area contributed by atoms with Crippen molar-refractivity contribution in [2.75, 3.05) is 17.8 Å². The quantitative estimate of drug-likeness (QED) is 0.852. The van der Waals surface area contributed by atoms with E-state index in [0.29, 0.717) is 17.0 Å². The predicted octanol–water partition coefficient (Wildman–Crippen LogP) is 1.90. The van der Waals surface area contributed by atoms with Crippen LogP contribution in [0.15, 0.2) is 18.2 Å². The third kappa shape index (κ3) is 2.70. The van der Waals surface area contributed by atoms with Gasteiger partial charge in [0.1, 0.15) is 17.5 Å². The fraction of sp³-hybridized carbons (Fsp3) is 0.200. The van der Waals surface area contributed by atoms with Crippen LogP contribution in [0, 0.1) is 11.3 Å². The zero-order valence-corrected chi connectivity index (χ0v) is 9.67. The van der Waals surface area contributed by atoms with Gasteiger partial charge in [0.05, 0.1) is 18.0 Å². The Bertz CT molecular complexity index is 412. The lowest BCUT2D eigenvalue weighted by Gasteiger charge is -2.10. The van der Waals surface area contributed by atoms with Gasteiger partial charge in [0.25, 0.3) is 0 Å². The number of hydrogen-bond donors (Lipinski definition) is 1. The number of ether oxygens (including phenoxy) is 1. The minimum absolute atomic E-state index is 0.177. The van der Waals surface area contributed by atoms with E-state index in [1.54, 1.807) is 18.2 Å². The SMILES string of the molecule is COc1cccc(C#N)c1NC(=O)CBr. The first-order valence-corrected chi connectivity index (χ1v) is 5.28. The van der Waals surface area contributed by atoms with Gasteiger partial charge in [-0.3, -0.25) is 4.79 Å². The third-order valence-corrected chi connectivity index (χ3v) is 2.26. The highest BCUT2D eigenvalue weighted by Gasteiger charge is 2.10. The van der Waals surface area contributed by atoms with Crippen LogP contribution in [-0.2, 0) is 4.79 Å². The van der Waals surface area contributed by atoms with E-state index >= 15 is 0 Å². The van der Waals surface area contributed by atoms with Gasteiger partial charge in [0, 0.05) is 0 Å². The summed E-state index contributed by atoms with van der Waals surface area (Å²) < 4.78 is 5.05. The summed E-state index contributed by atoms with van der Waals surface area (Å²) in [5.74, 6) is 0.249. The molecule has 0 radical (unpaired) electrons. The van der Waals surface area contributed by atoms with Crippen LogP contribution in [0.5, 0.6) is 5.75 Å². The lowest BCUT2D eigenvalue weighted by molar-refractivity contribution is -0.113. The number of carbonyl (C=O) groups is 1. The van der Waals surface area contributed by atoms with Crippen molar-refractivity contribution in [1.82, 2.24) is 0 Å². The number of nitrogens with one attached hydrogen (secondary N) is 1. The normalized spacial score (nSPS) is 9.13. The number of methoxy groups -OCH3 is 1. The lowest BCUT2D eigenvalue weighted by Crippen LogP contribution is -2.14. The number of hydrogen-bond acceptors (Lipinski definition) is 3. The van der Waals surface area contributed by atoms with E-state index in [0.717, 1.165) is 0 Å². The van der Waals surface area contributed by atoms with Crippen LogP contribution in [0.25, 0.3) is 0 Å². The number of benzene rings is 1. The van der Waals surface area contributed by atoms with E-state index in [2.05, 4.69) is 21.2 Å². The van der Waals surface area contributed by atoms with E-state index in [-0.39, 0.29) is 11.2 Å². The van der Waals surface area contributed by atoms with Crippen LogP contribution in [0.3, 0.4) is 0 Å². The van der Waals surface area contributed by atoms with Gasteiger partial charge in [-0.1, -0.05) is 22.0 Å². The minimum atomic E-state index is -0.226. The third-order valence-electron chi connectivity index (χ3n) is 1.75. The Morgan fingerprint density at radius 1 is 1.67 bits per heavy atom. The molecule has 0 spiro atoms. The first kappa shape index (κ1) is 11.5. The Morgan fingerprint density at radius 3 is 2.93 bits per heavy atom. The molecule has 1 amide bonds. The van der Waals surface area contributed by atoms with Crippen LogP contribution in [0.4, 0.5) is 5.69 Å². The summed E-state index contributed by atoms with van der Waals surface area (Å²) in [5.41, 5.74) is 0.788. The van der Waals surface area contributed by atoms with Crippen molar-refractivity contribution in [2.45, 2.75) is 0 Å². The van der Waals surface area contributed by atoms with Gasteiger partial charge in [0.2, 0.25) is 5.91 Å². The fourth-order valence-corrected chi connectivity index (χ4v) is 1.24. The highest BCUT2D eigenvalue weighted by Crippen LogP contribution is 2.27. The van der Waals surface area contributed by atoms with Crippen LogP contribution in [0.1, 0.15) is 5.56 Å². The van der Waals surface area contributed by atoms with Gasteiger partial charge in [0.15, 0.2) is 0 Å². The van der Waals surface area contributed by atoms with E-state index in [9.17, 15) is 4.79 Å². The second kappa shape index (κ2) is 5.37. The van der Waals surface area contributed by atoms with Crippen molar-refractivity contribution in [3.8, 4) is 11.8 Å². The molecule has 4 nitrogen and oxygen atoms in total. The lowest BCUT2D eigenvalue weighted by atomic mass is 10.2. The first-order chi connectivity index (χ1) is 7.22. The second-order valence-corrected chi connectivity index (χ2v) is 3.24. The van der Waals surface area contributed by atoms with E-state index in [1.807, 2.05) is 6.07 Å². The molecule has 78 valence electrons. The smallest absolute Gasteiger partial charge is 0.235 e. The van der Waals surface area contributed by atoms with Crippen molar-refractivity contribution in [3.05, 3.63) is 23.8 Å². The Balaban J connectivity index is 3.12. The minimum Gasteiger partial charge on any atom is -0.495 e. The highest BCUT2D eigenvalue weighted by molar-refractivity contribution is 9.09. The Labute approximate surface area is 96.0 Å². The molecule has 0 unspecified atom stereocenters. The topological polar surface area (TPSA) is 62.1 Å². The molecule has 5 heteroatoms. The number of rotatable bonds is 3. The maximum absolute atomic E-state index is 11.2. The van der Waals surface area contributed by atoms with Crippen molar-refractivity contribution in [2.24, 2.45) is 0 Å². The molecule has 0 atom stereocenters.